The van der Waals surface area contributed by atoms with E-state index in [9.17, 15) is 9.59 Å². The molecular weight excluding hydrogens is 304 g/mol. The first-order valence-electron chi connectivity index (χ1n) is 8.10. The van der Waals surface area contributed by atoms with E-state index in [0.29, 0.717) is 30.9 Å². The summed E-state index contributed by atoms with van der Waals surface area (Å²) in [4.78, 5) is 26.8. The summed E-state index contributed by atoms with van der Waals surface area (Å²) < 4.78 is 5.48. The monoisotopic (exact) mass is 324 g/mol. The molecule has 2 aromatic rings. The number of rotatable bonds is 5. The van der Waals surface area contributed by atoms with Crippen LogP contribution in [0.1, 0.15) is 23.7 Å². The van der Waals surface area contributed by atoms with Gasteiger partial charge in [0.05, 0.1) is 12.2 Å². The number of amides is 2. The molecule has 124 valence electrons. The van der Waals surface area contributed by atoms with E-state index >= 15 is 0 Å². The Labute approximate surface area is 141 Å². The number of nitrogens with zero attached hydrogens (tertiary/aromatic N) is 1. The number of carbonyl (C=O) groups excluding carboxylic acids is 2. The number of benzene rings is 2. The molecule has 2 aromatic carbocycles. The number of hydrogen-bond donors (Lipinski definition) is 1. The lowest BCUT2D eigenvalue weighted by molar-refractivity contribution is -0.118. The minimum absolute atomic E-state index is 0.0801. The van der Waals surface area contributed by atoms with E-state index in [1.165, 1.54) is 0 Å². The quantitative estimate of drug-likeness (QED) is 0.920. The SMILES string of the molecule is CCOc1ccccc1C(=O)N[C@@H]1CCN(c2ccccc2)C1=O. The summed E-state index contributed by atoms with van der Waals surface area (Å²) in [6, 6.07) is 16.0. The Morgan fingerprint density at radius 3 is 2.62 bits per heavy atom. The van der Waals surface area contributed by atoms with Crippen LogP contribution < -0.4 is 15.0 Å². The molecule has 1 atom stereocenters. The second kappa shape index (κ2) is 7.17. The Morgan fingerprint density at radius 1 is 1.17 bits per heavy atom. The van der Waals surface area contributed by atoms with Crippen molar-refractivity contribution < 1.29 is 14.3 Å². The lowest BCUT2D eigenvalue weighted by atomic mass is 10.1. The van der Waals surface area contributed by atoms with Crippen molar-refractivity contribution in [2.24, 2.45) is 0 Å². The van der Waals surface area contributed by atoms with Crippen LogP contribution in [0.5, 0.6) is 5.75 Å². The molecule has 2 amide bonds. The molecule has 0 radical (unpaired) electrons. The molecule has 1 N–H and O–H groups in total. The minimum Gasteiger partial charge on any atom is -0.493 e. The molecule has 3 rings (SSSR count). The highest BCUT2D eigenvalue weighted by atomic mass is 16.5. The first-order chi connectivity index (χ1) is 11.7. The molecular formula is C19H20N2O3. The topological polar surface area (TPSA) is 58.6 Å². The predicted octanol–water partition coefficient (Wildman–Crippen LogP) is 2.62. The third-order valence-electron chi connectivity index (χ3n) is 4.01. The Morgan fingerprint density at radius 2 is 1.88 bits per heavy atom. The summed E-state index contributed by atoms with van der Waals surface area (Å²) >= 11 is 0. The summed E-state index contributed by atoms with van der Waals surface area (Å²) in [7, 11) is 0. The van der Waals surface area contributed by atoms with Crippen LogP contribution in [0.2, 0.25) is 0 Å². The van der Waals surface area contributed by atoms with E-state index in [0.717, 1.165) is 5.69 Å². The zero-order valence-corrected chi connectivity index (χ0v) is 13.6. The van der Waals surface area contributed by atoms with E-state index < -0.39 is 6.04 Å². The molecule has 0 bridgehead atoms. The van der Waals surface area contributed by atoms with Crippen LogP contribution in [-0.4, -0.2) is 31.0 Å². The highest BCUT2D eigenvalue weighted by Gasteiger charge is 2.34. The van der Waals surface area contributed by atoms with Crippen molar-refractivity contribution in [3.63, 3.8) is 0 Å². The number of nitrogens with one attached hydrogen (secondary N) is 1. The second-order valence-corrected chi connectivity index (χ2v) is 5.57. The van der Waals surface area contributed by atoms with Crippen molar-refractivity contribution in [3.05, 3.63) is 60.2 Å². The van der Waals surface area contributed by atoms with Crippen molar-refractivity contribution in [2.75, 3.05) is 18.1 Å². The fourth-order valence-corrected chi connectivity index (χ4v) is 2.85. The van der Waals surface area contributed by atoms with Gasteiger partial charge in [0, 0.05) is 12.2 Å². The smallest absolute Gasteiger partial charge is 0.255 e. The van der Waals surface area contributed by atoms with E-state index in [1.807, 2.05) is 43.3 Å². The van der Waals surface area contributed by atoms with Crippen molar-refractivity contribution in [1.29, 1.82) is 0 Å². The number of ether oxygens (including phenoxy) is 1. The highest BCUT2D eigenvalue weighted by molar-refractivity contribution is 6.04. The van der Waals surface area contributed by atoms with Gasteiger partial charge in [0.2, 0.25) is 5.91 Å². The fraction of sp³-hybridized carbons (Fsp3) is 0.263. The van der Waals surface area contributed by atoms with Gasteiger partial charge in [0.15, 0.2) is 0 Å². The largest absolute Gasteiger partial charge is 0.493 e. The Bertz CT molecular complexity index is 730. The van der Waals surface area contributed by atoms with Gasteiger partial charge in [-0.3, -0.25) is 9.59 Å². The van der Waals surface area contributed by atoms with Crippen molar-refractivity contribution in [3.8, 4) is 5.75 Å². The van der Waals surface area contributed by atoms with E-state index in [-0.39, 0.29) is 11.8 Å². The molecule has 5 heteroatoms. The lowest BCUT2D eigenvalue weighted by Gasteiger charge is -2.17. The zero-order chi connectivity index (χ0) is 16.9. The van der Waals surface area contributed by atoms with Gasteiger partial charge in [0.25, 0.3) is 5.91 Å². The van der Waals surface area contributed by atoms with Crippen LogP contribution in [0.4, 0.5) is 5.69 Å². The molecule has 1 heterocycles. The normalized spacial score (nSPS) is 17.0. The molecule has 0 saturated carbocycles. The maximum atomic E-state index is 12.6. The lowest BCUT2D eigenvalue weighted by Crippen LogP contribution is -2.41. The summed E-state index contributed by atoms with van der Waals surface area (Å²) in [5, 5.41) is 2.83. The minimum atomic E-state index is -0.507. The fourth-order valence-electron chi connectivity index (χ4n) is 2.85. The van der Waals surface area contributed by atoms with Crippen LogP contribution in [0.3, 0.4) is 0 Å². The Kier molecular flexibility index (Phi) is 4.79. The van der Waals surface area contributed by atoms with Gasteiger partial charge in [-0.05, 0) is 37.6 Å². The summed E-state index contributed by atoms with van der Waals surface area (Å²) in [6.07, 6.45) is 0.594. The maximum Gasteiger partial charge on any atom is 0.255 e. The number of hydrogen-bond acceptors (Lipinski definition) is 3. The van der Waals surface area contributed by atoms with Crippen molar-refractivity contribution in [1.82, 2.24) is 5.32 Å². The van der Waals surface area contributed by atoms with E-state index in [2.05, 4.69) is 5.32 Å². The third kappa shape index (κ3) is 3.25. The first kappa shape index (κ1) is 16.1. The molecule has 24 heavy (non-hydrogen) atoms. The maximum absolute atomic E-state index is 12.6. The highest BCUT2D eigenvalue weighted by Crippen LogP contribution is 2.22. The molecule has 1 fully saturated rings. The Balaban J connectivity index is 1.71. The standard InChI is InChI=1S/C19H20N2O3/c1-2-24-17-11-7-6-10-15(17)18(22)20-16-12-13-21(19(16)23)14-8-4-3-5-9-14/h3-11,16H,2,12-13H2,1H3,(H,20,22)/t16-/m1/s1. The van der Waals surface area contributed by atoms with Gasteiger partial charge in [-0.2, -0.15) is 0 Å². The average Bonchev–Trinajstić information content (AvgIpc) is 2.97. The van der Waals surface area contributed by atoms with Crippen molar-refractivity contribution in [2.45, 2.75) is 19.4 Å². The van der Waals surface area contributed by atoms with Crippen LogP contribution in [0.25, 0.3) is 0 Å². The molecule has 0 aliphatic carbocycles. The molecule has 0 spiro atoms. The zero-order valence-electron chi connectivity index (χ0n) is 13.6. The van der Waals surface area contributed by atoms with Crippen molar-refractivity contribution >= 4 is 17.5 Å². The summed E-state index contributed by atoms with van der Waals surface area (Å²) in [5.41, 5.74) is 1.30. The van der Waals surface area contributed by atoms with Gasteiger partial charge in [-0.1, -0.05) is 30.3 Å². The van der Waals surface area contributed by atoms with Gasteiger partial charge >= 0.3 is 0 Å². The van der Waals surface area contributed by atoms with Gasteiger partial charge in [0.1, 0.15) is 11.8 Å². The molecule has 5 nitrogen and oxygen atoms in total. The van der Waals surface area contributed by atoms with Crippen LogP contribution in [0.15, 0.2) is 54.6 Å². The molecule has 1 saturated heterocycles. The third-order valence-corrected chi connectivity index (χ3v) is 4.01. The molecule has 0 aromatic heterocycles. The van der Waals surface area contributed by atoms with Gasteiger partial charge < -0.3 is 15.0 Å². The van der Waals surface area contributed by atoms with Crippen LogP contribution in [-0.2, 0) is 4.79 Å². The molecule has 0 unspecified atom stereocenters. The van der Waals surface area contributed by atoms with Crippen LogP contribution >= 0.6 is 0 Å². The predicted molar refractivity (Wildman–Crippen MR) is 92.3 cm³/mol. The molecule has 1 aliphatic heterocycles. The average molecular weight is 324 g/mol. The second-order valence-electron chi connectivity index (χ2n) is 5.57. The van der Waals surface area contributed by atoms with E-state index in [1.54, 1.807) is 23.1 Å². The van der Waals surface area contributed by atoms with E-state index in [4.69, 9.17) is 4.74 Å². The van der Waals surface area contributed by atoms with Gasteiger partial charge in [-0.15, -0.1) is 0 Å². The number of carbonyl (C=O) groups is 2. The summed E-state index contributed by atoms with van der Waals surface area (Å²) in [6.45, 7) is 2.95. The Hall–Kier alpha value is -2.82. The van der Waals surface area contributed by atoms with Gasteiger partial charge in [-0.25, -0.2) is 0 Å². The first-order valence-corrected chi connectivity index (χ1v) is 8.10. The number of para-hydroxylation sites is 2. The number of anilines is 1. The summed E-state index contributed by atoms with van der Waals surface area (Å²) in [5.74, 6) is 0.165. The molecule has 1 aliphatic rings. The van der Waals surface area contributed by atoms with Crippen LogP contribution in [0, 0.1) is 0 Å².